The van der Waals surface area contributed by atoms with E-state index >= 15 is 0 Å². The molecule has 0 amide bonds. The van der Waals surface area contributed by atoms with E-state index in [4.69, 9.17) is 0 Å². The highest BCUT2D eigenvalue weighted by Gasteiger charge is 2.37. The van der Waals surface area contributed by atoms with Crippen LogP contribution in [0.15, 0.2) is 60.8 Å². The van der Waals surface area contributed by atoms with Crippen molar-refractivity contribution in [2.24, 2.45) is 0 Å². The minimum Gasteiger partial charge on any atom is -0.350 e. The summed E-state index contributed by atoms with van der Waals surface area (Å²) >= 11 is 0. The molecule has 32 heavy (non-hydrogen) atoms. The molecule has 170 valence electrons. The second kappa shape index (κ2) is 8.31. The number of nitrogens with zero attached hydrogens (tertiary/aromatic N) is 2. The number of aromatic nitrogens is 1. The van der Waals surface area contributed by atoms with E-state index in [1.807, 2.05) is 54.4 Å². The zero-order valence-corrected chi connectivity index (χ0v) is 17.3. The van der Waals surface area contributed by atoms with Crippen LogP contribution in [0.25, 0.3) is 0 Å². The Morgan fingerprint density at radius 1 is 0.844 bits per heavy atom. The first-order chi connectivity index (χ1) is 15.0. The monoisotopic (exact) mass is 452 g/mol. The van der Waals surface area contributed by atoms with Crippen molar-refractivity contribution >= 4 is 0 Å². The summed E-state index contributed by atoms with van der Waals surface area (Å²) in [4.78, 5) is 1.97. The SMILES string of the molecule is Cc1ccccc1C1c2cccn2CCCN1Cc1cc(C(F)(F)F)cc(C(F)(F)F)c1. The van der Waals surface area contributed by atoms with Crippen molar-refractivity contribution in [3.63, 3.8) is 0 Å². The van der Waals surface area contributed by atoms with Gasteiger partial charge in [0.05, 0.1) is 17.2 Å². The summed E-state index contributed by atoms with van der Waals surface area (Å²) in [5, 5.41) is 0. The third-order valence-corrected chi connectivity index (χ3v) is 5.87. The number of rotatable bonds is 3. The Bertz CT molecular complexity index is 1060. The van der Waals surface area contributed by atoms with Gasteiger partial charge in [0.15, 0.2) is 0 Å². The van der Waals surface area contributed by atoms with E-state index in [0.717, 1.165) is 41.9 Å². The third kappa shape index (κ3) is 4.55. The molecule has 1 aliphatic rings. The predicted octanol–water partition coefficient (Wildman–Crippen LogP) is 6.83. The minimum absolute atomic E-state index is 0.00857. The van der Waals surface area contributed by atoms with Crippen molar-refractivity contribution in [1.82, 2.24) is 9.47 Å². The van der Waals surface area contributed by atoms with E-state index in [9.17, 15) is 26.3 Å². The summed E-state index contributed by atoms with van der Waals surface area (Å²) in [5.41, 5.74) is 0.390. The summed E-state index contributed by atoms with van der Waals surface area (Å²) in [6.07, 6.45) is -7.04. The van der Waals surface area contributed by atoms with E-state index in [1.165, 1.54) is 0 Å². The Kier molecular flexibility index (Phi) is 5.83. The van der Waals surface area contributed by atoms with Crippen LogP contribution in [-0.4, -0.2) is 16.0 Å². The van der Waals surface area contributed by atoms with E-state index in [2.05, 4.69) is 4.57 Å². The molecule has 2 heterocycles. The summed E-state index contributed by atoms with van der Waals surface area (Å²) < 4.78 is 82.2. The molecule has 3 aromatic rings. The van der Waals surface area contributed by atoms with Gasteiger partial charge in [-0.1, -0.05) is 24.3 Å². The highest BCUT2D eigenvalue weighted by atomic mass is 19.4. The van der Waals surface area contributed by atoms with Crippen LogP contribution in [0, 0.1) is 6.92 Å². The molecule has 1 atom stereocenters. The van der Waals surface area contributed by atoms with Gasteiger partial charge in [0, 0.05) is 31.5 Å². The zero-order valence-electron chi connectivity index (χ0n) is 17.3. The first-order valence-electron chi connectivity index (χ1n) is 10.3. The smallest absolute Gasteiger partial charge is 0.350 e. The Morgan fingerprint density at radius 3 is 2.12 bits per heavy atom. The van der Waals surface area contributed by atoms with Crippen LogP contribution in [0.5, 0.6) is 0 Å². The Balaban J connectivity index is 1.79. The van der Waals surface area contributed by atoms with Gasteiger partial charge in [0.2, 0.25) is 0 Å². The van der Waals surface area contributed by atoms with Crippen LogP contribution >= 0.6 is 0 Å². The van der Waals surface area contributed by atoms with Gasteiger partial charge in [-0.3, -0.25) is 4.90 Å². The first kappa shape index (κ1) is 22.5. The molecule has 0 spiro atoms. The maximum absolute atomic E-state index is 13.3. The quantitative estimate of drug-likeness (QED) is 0.396. The number of halogens is 6. The molecule has 2 aromatic carbocycles. The molecule has 1 unspecified atom stereocenters. The number of hydrogen-bond acceptors (Lipinski definition) is 1. The Morgan fingerprint density at radius 2 is 1.50 bits per heavy atom. The van der Waals surface area contributed by atoms with Gasteiger partial charge in [-0.05, 0) is 60.4 Å². The van der Waals surface area contributed by atoms with Gasteiger partial charge in [-0.25, -0.2) is 0 Å². The number of benzene rings is 2. The molecule has 0 saturated carbocycles. The van der Waals surface area contributed by atoms with Gasteiger partial charge in [0.1, 0.15) is 0 Å². The van der Waals surface area contributed by atoms with E-state index < -0.39 is 23.5 Å². The number of aryl methyl sites for hydroxylation is 2. The maximum Gasteiger partial charge on any atom is 0.416 e. The van der Waals surface area contributed by atoms with Crippen molar-refractivity contribution in [1.29, 1.82) is 0 Å². The molecule has 4 rings (SSSR count). The van der Waals surface area contributed by atoms with E-state index in [0.29, 0.717) is 6.54 Å². The van der Waals surface area contributed by atoms with Crippen molar-refractivity contribution < 1.29 is 26.3 Å². The molecular formula is C24H22F6N2. The Labute approximate surface area is 182 Å². The van der Waals surface area contributed by atoms with Crippen LogP contribution in [0.4, 0.5) is 26.3 Å². The van der Waals surface area contributed by atoms with Gasteiger partial charge in [0.25, 0.3) is 0 Å². The molecule has 0 bridgehead atoms. The molecule has 2 nitrogen and oxygen atoms in total. The Hall–Kier alpha value is -2.74. The zero-order chi connectivity index (χ0) is 23.1. The fraction of sp³-hybridized carbons (Fsp3) is 0.333. The molecule has 0 N–H and O–H groups in total. The second-order valence-corrected chi connectivity index (χ2v) is 8.12. The lowest BCUT2D eigenvalue weighted by Crippen LogP contribution is -2.30. The topological polar surface area (TPSA) is 8.17 Å². The van der Waals surface area contributed by atoms with Crippen molar-refractivity contribution in [2.45, 2.75) is 44.8 Å². The summed E-state index contributed by atoms with van der Waals surface area (Å²) in [6, 6.07) is 13.1. The van der Waals surface area contributed by atoms with Crippen molar-refractivity contribution in [3.05, 3.63) is 94.3 Å². The summed E-state index contributed by atoms with van der Waals surface area (Å²) in [6.45, 7) is 3.20. The molecule has 0 radical (unpaired) electrons. The normalized spacial score (nSPS) is 17.8. The van der Waals surface area contributed by atoms with Gasteiger partial charge in [-0.15, -0.1) is 0 Å². The largest absolute Gasteiger partial charge is 0.416 e. The fourth-order valence-electron chi connectivity index (χ4n) is 4.40. The highest BCUT2D eigenvalue weighted by Crippen LogP contribution is 2.38. The van der Waals surface area contributed by atoms with Crippen molar-refractivity contribution in [2.75, 3.05) is 6.54 Å². The standard InChI is InChI=1S/C24H22F6N2/c1-16-6-2-3-7-20(16)22-21-8-4-9-31(21)10-5-11-32(22)15-17-12-18(23(25,26)27)14-19(13-17)24(28,29)30/h2-4,6-9,12-14,22H,5,10-11,15H2,1H3. The third-order valence-electron chi connectivity index (χ3n) is 5.87. The lowest BCUT2D eigenvalue weighted by molar-refractivity contribution is -0.143. The average Bonchev–Trinajstić information content (AvgIpc) is 3.09. The molecule has 0 aliphatic carbocycles. The second-order valence-electron chi connectivity index (χ2n) is 8.12. The molecule has 1 aliphatic heterocycles. The van der Waals surface area contributed by atoms with Gasteiger partial charge in [-0.2, -0.15) is 26.3 Å². The van der Waals surface area contributed by atoms with Crippen LogP contribution in [0.3, 0.4) is 0 Å². The molecule has 8 heteroatoms. The number of hydrogen-bond donors (Lipinski definition) is 0. The predicted molar refractivity (Wildman–Crippen MR) is 109 cm³/mol. The molecular weight excluding hydrogens is 430 g/mol. The van der Waals surface area contributed by atoms with E-state index in [1.54, 1.807) is 0 Å². The number of alkyl halides is 6. The summed E-state index contributed by atoms with van der Waals surface area (Å²) in [5.74, 6) is 0. The van der Waals surface area contributed by atoms with E-state index in [-0.39, 0.29) is 24.2 Å². The summed E-state index contributed by atoms with van der Waals surface area (Å²) in [7, 11) is 0. The highest BCUT2D eigenvalue weighted by molar-refractivity contribution is 5.37. The lowest BCUT2D eigenvalue weighted by Gasteiger charge is -2.32. The van der Waals surface area contributed by atoms with Gasteiger partial charge >= 0.3 is 12.4 Å². The fourth-order valence-corrected chi connectivity index (χ4v) is 4.40. The van der Waals surface area contributed by atoms with Crippen LogP contribution in [-0.2, 0) is 25.4 Å². The van der Waals surface area contributed by atoms with Crippen LogP contribution in [0.1, 0.15) is 46.0 Å². The van der Waals surface area contributed by atoms with Gasteiger partial charge < -0.3 is 4.57 Å². The lowest BCUT2D eigenvalue weighted by atomic mass is 9.96. The van der Waals surface area contributed by atoms with Crippen LogP contribution in [0.2, 0.25) is 0 Å². The molecule has 0 saturated heterocycles. The minimum atomic E-state index is -4.86. The van der Waals surface area contributed by atoms with Crippen LogP contribution < -0.4 is 0 Å². The molecule has 0 fully saturated rings. The first-order valence-corrected chi connectivity index (χ1v) is 10.3. The maximum atomic E-state index is 13.3. The average molecular weight is 452 g/mol. The number of fused-ring (bicyclic) bond motifs is 1. The van der Waals surface area contributed by atoms with Crippen molar-refractivity contribution in [3.8, 4) is 0 Å². The molecule has 1 aromatic heterocycles.